The molecule has 0 aromatic heterocycles. The zero-order chi connectivity index (χ0) is 27.6. The number of aliphatic hydroxyl groups is 1. The van der Waals surface area contributed by atoms with Crippen LogP contribution in [0.3, 0.4) is 0 Å². The molecule has 1 aliphatic heterocycles. The number of rotatable bonds is 10. The van der Waals surface area contributed by atoms with Gasteiger partial charge in [0.25, 0.3) is 5.91 Å². The first-order chi connectivity index (χ1) is 16.8. The van der Waals surface area contributed by atoms with Crippen LogP contribution in [0.5, 0.6) is 0 Å². The smallest absolute Gasteiger partial charge is 0.386 e. The van der Waals surface area contributed by atoms with Gasteiger partial charge in [-0.3, -0.25) is 28.9 Å². The third-order valence-corrected chi connectivity index (χ3v) is 4.34. The highest BCUT2D eigenvalue weighted by molar-refractivity contribution is 6.00. The predicted octanol–water partition coefficient (Wildman–Crippen LogP) is -3.34. The van der Waals surface area contributed by atoms with Gasteiger partial charge in [0.1, 0.15) is 13.2 Å². The molecule has 1 fully saturated rings. The van der Waals surface area contributed by atoms with Crippen LogP contribution in [0.1, 0.15) is 19.8 Å². The molecule has 0 radical (unpaired) electrons. The maximum absolute atomic E-state index is 13.3. The molecule has 1 saturated heterocycles. The van der Waals surface area contributed by atoms with Gasteiger partial charge in [0.05, 0.1) is 6.67 Å². The first-order valence-corrected chi connectivity index (χ1v) is 10.5. The summed E-state index contributed by atoms with van der Waals surface area (Å²) in [6, 6.07) is -1.55. The van der Waals surface area contributed by atoms with Crippen LogP contribution in [-0.4, -0.2) is 137 Å². The number of carbonyl (C=O) groups excluding carboxylic acids is 7. The summed E-state index contributed by atoms with van der Waals surface area (Å²) in [5.74, 6) is -3.31. The van der Waals surface area contributed by atoms with E-state index in [1.165, 1.54) is 14.1 Å². The van der Waals surface area contributed by atoms with E-state index in [1.807, 2.05) is 0 Å². The summed E-state index contributed by atoms with van der Waals surface area (Å²) in [7, 11) is 5.97. The zero-order valence-corrected chi connectivity index (χ0v) is 20.7. The second kappa shape index (κ2) is 13.9. The van der Waals surface area contributed by atoms with E-state index < -0.39 is 48.9 Å². The van der Waals surface area contributed by atoms with E-state index in [0.717, 1.165) is 16.8 Å². The number of amides is 8. The van der Waals surface area contributed by atoms with Crippen molar-refractivity contribution in [1.29, 1.82) is 0 Å². The lowest BCUT2D eigenvalue weighted by Crippen LogP contribution is -2.63. The Morgan fingerprint density at radius 2 is 1.75 bits per heavy atom. The highest BCUT2D eigenvalue weighted by Gasteiger charge is 2.41. The van der Waals surface area contributed by atoms with Crippen molar-refractivity contribution < 1.29 is 43.5 Å². The Hall–Kier alpha value is -3.87. The second-order valence-electron chi connectivity index (χ2n) is 7.78. The topological polar surface area (TPSA) is 196 Å². The summed E-state index contributed by atoms with van der Waals surface area (Å²) in [5, 5.41) is 10.9. The van der Waals surface area contributed by atoms with Gasteiger partial charge >= 0.3 is 12.1 Å². The summed E-state index contributed by atoms with van der Waals surface area (Å²) in [6.07, 6.45) is -1.41. The molecule has 36 heavy (non-hydrogen) atoms. The molecule has 3 N–H and O–H groups in total. The van der Waals surface area contributed by atoms with Crippen LogP contribution < -0.4 is 10.9 Å². The molecule has 0 bridgehead atoms. The number of hydrogen-bond acceptors (Lipinski definition) is 12. The average Bonchev–Trinajstić information content (AvgIpc) is 3.22. The van der Waals surface area contributed by atoms with Crippen LogP contribution in [0.25, 0.3) is 0 Å². The fourth-order valence-corrected chi connectivity index (χ4v) is 2.62. The SMILES string of the molecule is CC(=O)NN(NCN(C)C)OC(=O)N(CC(=O)N(C)C)C(=O)N(C=O)N(C(=O)CO)N1CCCC1=O. The molecule has 8 amide bonds. The normalized spacial score (nSPS) is 12.9. The largest absolute Gasteiger partial charge is 0.440 e. The van der Waals surface area contributed by atoms with Crippen molar-refractivity contribution in [3.05, 3.63) is 0 Å². The van der Waals surface area contributed by atoms with Crippen molar-refractivity contribution in [2.45, 2.75) is 19.8 Å². The standard InChI is InChI=1S/C18H31N9O9/c1-13(30)20-27(19-11-21(2)3)36-18(35)23(9-15(32)22(4)5)17(34)25(12-29)26(16(33)10-28)24-8-6-7-14(24)31/h12,19,28H,6-11H2,1-5H3,(H,20,30). The van der Waals surface area contributed by atoms with E-state index in [1.54, 1.807) is 19.0 Å². The van der Waals surface area contributed by atoms with Crippen LogP contribution in [0.2, 0.25) is 0 Å². The van der Waals surface area contributed by atoms with Gasteiger partial charge in [0.2, 0.25) is 24.1 Å². The summed E-state index contributed by atoms with van der Waals surface area (Å²) < 4.78 is 0. The van der Waals surface area contributed by atoms with E-state index in [9.17, 15) is 38.7 Å². The van der Waals surface area contributed by atoms with Gasteiger partial charge < -0.3 is 14.8 Å². The van der Waals surface area contributed by atoms with E-state index >= 15 is 0 Å². The van der Waals surface area contributed by atoms with Crippen molar-refractivity contribution in [3.8, 4) is 0 Å². The molecule has 0 saturated carbocycles. The molecule has 18 nitrogen and oxygen atoms in total. The molecule has 0 aromatic carbocycles. The molecule has 1 heterocycles. The third-order valence-electron chi connectivity index (χ3n) is 4.34. The molecule has 1 rings (SSSR count). The monoisotopic (exact) mass is 517 g/mol. The number of hydrazine groups is 4. The first-order valence-electron chi connectivity index (χ1n) is 10.5. The fraction of sp³-hybridized carbons (Fsp3) is 0.611. The second-order valence-corrected chi connectivity index (χ2v) is 7.78. The molecule has 1 aliphatic rings. The molecule has 0 aliphatic carbocycles. The van der Waals surface area contributed by atoms with E-state index in [-0.39, 0.29) is 36.0 Å². The summed E-state index contributed by atoms with van der Waals surface area (Å²) in [4.78, 5) is 94.3. The number of nitrogens with zero attached hydrogens (tertiary/aromatic N) is 7. The summed E-state index contributed by atoms with van der Waals surface area (Å²) in [5.41, 5.74) is 4.64. The van der Waals surface area contributed by atoms with Crippen LogP contribution in [-0.2, 0) is 28.8 Å². The first kappa shape index (κ1) is 30.2. The van der Waals surface area contributed by atoms with Gasteiger partial charge in [0, 0.05) is 39.3 Å². The molecule has 0 aromatic rings. The van der Waals surface area contributed by atoms with Gasteiger partial charge in [-0.1, -0.05) is 0 Å². The number of imide groups is 2. The number of carbonyl (C=O) groups is 7. The summed E-state index contributed by atoms with van der Waals surface area (Å²) >= 11 is 0. The Morgan fingerprint density at radius 1 is 1.11 bits per heavy atom. The van der Waals surface area contributed by atoms with Crippen LogP contribution >= 0.6 is 0 Å². The van der Waals surface area contributed by atoms with Crippen molar-refractivity contribution in [2.24, 2.45) is 0 Å². The molecular weight excluding hydrogens is 486 g/mol. The number of urea groups is 1. The van der Waals surface area contributed by atoms with Gasteiger partial charge in [-0.25, -0.2) is 24.9 Å². The molecular formula is C18H31N9O9. The number of aliphatic hydroxyl groups excluding tert-OH is 1. The lowest BCUT2D eigenvalue weighted by atomic mass is 10.4. The maximum Gasteiger partial charge on any atom is 0.440 e. The Kier molecular flexibility index (Phi) is 11.6. The quantitative estimate of drug-likeness (QED) is 0.148. The fourth-order valence-electron chi connectivity index (χ4n) is 2.62. The summed E-state index contributed by atoms with van der Waals surface area (Å²) in [6.45, 7) is -1.04. The van der Waals surface area contributed by atoms with Crippen molar-refractivity contribution >= 4 is 42.2 Å². The number of nitrogens with one attached hydrogen (secondary N) is 2. The van der Waals surface area contributed by atoms with Crippen LogP contribution in [0.15, 0.2) is 0 Å². The third kappa shape index (κ3) is 8.41. The average molecular weight is 518 g/mol. The lowest BCUT2D eigenvalue weighted by molar-refractivity contribution is -0.199. The Labute approximate surface area is 206 Å². The highest BCUT2D eigenvalue weighted by atomic mass is 16.8. The molecule has 0 spiro atoms. The van der Waals surface area contributed by atoms with E-state index in [4.69, 9.17) is 4.84 Å². The van der Waals surface area contributed by atoms with E-state index in [2.05, 4.69) is 10.9 Å². The van der Waals surface area contributed by atoms with Gasteiger partial charge in [0.15, 0.2) is 0 Å². The maximum atomic E-state index is 13.3. The molecule has 18 heteroatoms. The van der Waals surface area contributed by atoms with E-state index in [0.29, 0.717) is 16.8 Å². The number of likely N-dealkylation sites (N-methyl/N-ethyl adjacent to an activating group) is 1. The van der Waals surface area contributed by atoms with Gasteiger partial charge in [-0.15, -0.1) is 10.1 Å². The minimum absolute atomic E-state index is 0.00415. The van der Waals surface area contributed by atoms with Crippen molar-refractivity contribution in [3.63, 3.8) is 0 Å². The Balaban J connectivity index is 3.34. The lowest BCUT2D eigenvalue weighted by Gasteiger charge is -2.37. The highest BCUT2D eigenvalue weighted by Crippen LogP contribution is 2.17. The predicted molar refractivity (Wildman–Crippen MR) is 117 cm³/mol. The van der Waals surface area contributed by atoms with Crippen molar-refractivity contribution in [1.82, 2.24) is 46.0 Å². The van der Waals surface area contributed by atoms with Gasteiger partial charge in [-0.05, 0) is 20.5 Å². The van der Waals surface area contributed by atoms with Crippen molar-refractivity contribution in [2.75, 3.05) is 54.6 Å². The van der Waals surface area contributed by atoms with Gasteiger partial charge in [-0.2, -0.15) is 5.43 Å². The Bertz CT molecular complexity index is 867. The molecule has 0 atom stereocenters. The molecule has 0 unspecified atom stereocenters. The zero-order valence-electron chi connectivity index (χ0n) is 20.7. The van der Waals surface area contributed by atoms with Crippen LogP contribution in [0, 0.1) is 0 Å². The molecule has 202 valence electrons. The minimum Gasteiger partial charge on any atom is -0.386 e. The Morgan fingerprint density at radius 3 is 2.19 bits per heavy atom. The number of hydrogen-bond donors (Lipinski definition) is 3. The minimum atomic E-state index is -1.55. The van der Waals surface area contributed by atoms with Crippen LogP contribution in [0.4, 0.5) is 9.59 Å².